The topological polar surface area (TPSA) is 78.4 Å². The lowest BCUT2D eigenvalue weighted by atomic mass is 10.2. The van der Waals surface area contributed by atoms with E-state index in [-0.39, 0.29) is 11.8 Å². The van der Waals surface area contributed by atoms with Crippen LogP contribution in [0.25, 0.3) is 10.8 Å². The van der Waals surface area contributed by atoms with E-state index in [1.54, 1.807) is 24.3 Å². The van der Waals surface area contributed by atoms with Gasteiger partial charge in [0.1, 0.15) is 0 Å². The molecule has 0 N–H and O–H groups in total. The fraction of sp³-hybridized carbons (Fsp3) is 0. The summed E-state index contributed by atoms with van der Waals surface area (Å²) in [5, 5.41) is 8.48. The molecular weight excluding hydrogens is 212 g/mol. The van der Waals surface area contributed by atoms with Crippen molar-refractivity contribution in [2.24, 2.45) is 0 Å². The highest BCUT2D eigenvalue weighted by Gasteiger charge is 2.27. The van der Waals surface area contributed by atoms with E-state index in [0.29, 0.717) is 10.8 Å². The first kappa shape index (κ1) is 8.78. The van der Waals surface area contributed by atoms with Gasteiger partial charge in [0, 0.05) is 0 Å². The molecule has 0 amide bonds. The Bertz CT molecular complexity index is 569. The molecule has 2 bridgehead atoms. The van der Waals surface area contributed by atoms with Crippen molar-refractivity contribution >= 4 is 22.7 Å². The van der Waals surface area contributed by atoms with Gasteiger partial charge in [0.2, 0.25) is 0 Å². The summed E-state index contributed by atoms with van der Waals surface area (Å²) < 4.78 is 9.49. The van der Waals surface area contributed by atoms with E-state index in [0.717, 1.165) is 0 Å². The van der Waals surface area contributed by atoms with Gasteiger partial charge in [-0.3, -0.25) is 0 Å². The van der Waals surface area contributed by atoms with Crippen LogP contribution in [-0.4, -0.2) is 22.1 Å². The number of hydrogen-bond donors (Lipinski definition) is 0. The monoisotopic (exact) mass is 216 g/mol. The highest BCUT2D eigenvalue weighted by Crippen LogP contribution is 2.30. The van der Waals surface area contributed by atoms with Crippen molar-refractivity contribution in [2.45, 2.75) is 0 Å². The molecule has 0 saturated heterocycles. The van der Waals surface area contributed by atoms with E-state index in [1.807, 2.05) is 0 Å². The first-order valence-electron chi connectivity index (χ1n) is 4.45. The molecule has 4 rings (SSSR count). The minimum atomic E-state index is -1.10. The lowest BCUT2D eigenvalue weighted by Gasteiger charge is -2.11. The fourth-order valence-corrected chi connectivity index (χ4v) is 1.46. The number of rotatable bonds is 0. The number of carbonyl (C=O) groups is 2. The molecule has 2 aromatic rings. The van der Waals surface area contributed by atoms with Crippen LogP contribution in [-0.2, 0) is 9.59 Å². The predicted octanol–water partition coefficient (Wildman–Crippen LogP) is 0.454. The van der Waals surface area contributed by atoms with Crippen molar-refractivity contribution in [3.8, 4) is 11.8 Å². The van der Waals surface area contributed by atoms with Crippen molar-refractivity contribution < 1.29 is 19.1 Å². The summed E-state index contributed by atoms with van der Waals surface area (Å²) in [7, 11) is 0. The maximum absolute atomic E-state index is 11.1. The van der Waals surface area contributed by atoms with E-state index in [4.69, 9.17) is 9.47 Å². The lowest BCUT2D eigenvalue weighted by Crippen LogP contribution is -2.28. The van der Waals surface area contributed by atoms with Gasteiger partial charge >= 0.3 is 11.9 Å². The van der Waals surface area contributed by atoms with Crippen LogP contribution in [0.1, 0.15) is 0 Å². The number of nitrogens with zero attached hydrogens (tertiary/aromatic N) is 2. The molecular formula is C10H4N2O4. The predicted molar refractivity (Wildman–Crippen MR) is 50.8 cm³/mol. The van der Waals surface area contributed by atoms with E-state index >= 15 is 0 Å². The number of benzene rings is 1. The molecule has 0 saturated carbocycles. The molecule has 1 aromatic heterocycles. The third-order valence-electron chi connectivity index (χ3n) is 2.16. The second-order valence-corrected chi connectivity index (χ2v) is 3.13. The van der Waals surface area contributed by atoms with Gasteiger partial charge < -0.3 is 9.47 Å². The van der Waals surface area contributed by atoms with Gasteiger partial charge in [-0.25, -0.2) is 9.59 Å². The van der Waals surface area contributed by atoms with E-state index < -0.39 is 11.9 Å². The van der Waals surface area contributed by atoms with E-state index in [2.05, 4.69) is 10.2 Å². The largest absolute Gasteiger partial charge is 0.424 e. The molecule has 0 fully saturated rings. The van der Waals surface area contributed by atoms with Gasteiger partial charge in [0.05, 0.1) is 10.8 Å². The number of carbonyl (C=O) groups excluding carboxylic acids is 2. The summed E-state index contributed by atoms with van der Waals surface area (Å²) in [5.74, 6) is -2.16. The van der Waals surface area contributed by atoms with Crippen LogP contribution in [0.4, 0.5) is 0 Å². The highest BCUT2D eigenvalue weighted by atomic mass is 16.6. The third kappa shape index (κ3) is 1.13. The summed E-state index contributed by atoms with van der Waals surface area (Å²) >= 11 is 0. The Hall–Kier alpha value is -2.50. The number of ether oxygens (including phenoxy) is 2. The van der Waals surface area contributed by atoms with Crippen molar-refractivity contribution in [3.63, 3.8) is 0 Å². The van der Waals surface area contributed by atoms with Gasteiger partial charge in [-0.05, 0) is 12.1 Å². The molecule has 0 atom stereocenters. The molecule has 1 aromatic carbocycles. The molecule has 2 aliphatic heterocycles. The van der Waals surface area contributed by atoms with Gasteiger partial charge in [0.15, 0.2) is 0 Å². The standard InChI is InChI=1S/C10H4N2O4/c13-9-10(14)16-8-6-4-2-1-3-5(6)7(15-9)11-12-8/h1-4H. The van der Waals surface area contributed by atoms with Gasteiger partial charge in [0.25, 0.3) is 11.8 Å². The summed E-state index contributed by atoms with van der Waals surface area (Å²) in [6.45, 7) is 0. The molecule has 3 heterocycles. The zero-order valence-electron chi connectivity index (χ0n) is 7.84. The Morgan fingerprint density at radius 2 is 1.25 bits per heavy atom. The lowest BCUT2D eigenvalue weighted by molar-refractivity contribution is -0.156. The maximum atomic E-state index is 11.1. The summed E-state index contributed by atoms with van der Waals surface area (Å²) in [6, 6.07) is 6.92. The SMILES string of the molecule is O=C1Oc2nnc(c3ccccc23)OC1=O. The normalized spacial score (nSPS) is 14.2. The summed E-state index contributed by atoms with van der Waals surface area (Å²) in [5.41, 5.74) is 0. The van der Waals surface area contributed by atoms with Crippen molar-refractivity contribution in [1.82, 2.24) is 10.2 Å². The minimum Gasteiger partial charge on any atom is -0.397 e. The quantitative estimate of drug-likeness (QED) is 0.470. The van der Waals surface area contributed by atoms with Crippen molar-refractivity contribution in [3.05, 3.63) is 24.3 Å². The van der Waals surface area contributed by atoms with Gasteiger partial charge in [-0.15, -0.1) is 10.2 Å². The Balaban J connectivity index is 2.39. The van der Waals surface area contributed by atoms with Crippen LogP contribution >= 0.6 is 0 Å². The van der Waals surface area contributed by atoms with Crippen LogP contribution in [0.15, 0.2) is 24.3 Å². The second kappa shape index (κ2) is 2.99. The Morgan fingerprint density at radius 1 is 0.812 bits per heavy atom. The van der Waals surface area contributed by atoms with Gasteiger partial charge in [-0.2, -0.15) is 0 Å². The van der Waals surface area contributed by atoms with Crippen LogP contribution in [0.3, 0.4) is 0 Å². The first-order valence-corrected chi connectivity index (χ1v) is 4.45. The smallest absolute Gasteiger partial charge is 0.397 e. The van der Waals surface area contributed by atoms with Crippen LogP contribution in [0.2, 0.25) is 0 Å². The average Bonchev–Trinajstić information content (AvgIpc) is 2.30. The fourth-order valence-electron chi connectivity index (χ4n) is 1.46. The molecule has 0 radical (unpaired) electrons. The average molecular weight is 216 g/mol. The molecule has 2 aliphatic rings. The van der Waals surface area contributed by atoms with Crippen LogP contribution in [0.5, 0.6) is 11.8 Å². The van der Waals surface area contributed by atoms with E-state index in [9.17, 15) is 9.59 Å². The molecule has 6 nitrogen and oxygen atoms in total. The third-order valence-corrected chi connectivity index (χ3v) is 2.16. The molecule has 0 aliphatic carbocycles. The van der Waals surface area contributed by atoms with Crippen molar-refractivity contribution in [2.75, 3.05) is 0 Å². The number of aromatic nitrogens is 2. The minimum absolute atomic E-state index is 0.0148. The summed E-state index contributed by atoms with van der Waals surface area (Å²) in [6.07, 6.45) is 0. The molecule has 0 spiro atoms. The van der Waals surface area contributed by atoms with E-state index in [1.165, 1.54) is 0 Å². The molecule has 6 heteroatoms. The maximum Gasteiger partial charge on any atom is 0.424 e. The highest BCUT2D eigenvalue weighted by molar-refractivity contribution is 6.31. The second-order valence-electron chi connectivity index (χ2n) is 3.13. The number of fused-ring (bicyclic) bond motifs is 4. The van der Waals surface area contributed by atoms with Gasteiger partial charge in [-0.1, -0.05) is 12.1 Å². The zero-order valence-corrected chi connectivity index (χ0v) is 7.84. The van der Waals surface area contributed by atoms with Crippen molar-refractivity contribution in [1.29, 1.82) is 0 Å². The molecule has 78 valence electrons. The Morgan fingerprint density at radius 3 is 1.69 bits per heavy atom. The number of hydrogen-bond acceptors (Lipinski definition) is 6. The zero-order chi connectivity index (χ0) is 11.1. The summed E-state index contributed by atoms with van der Waals surface area (Å²) in [4.78, 5) is 22.3. The Labute approximate surface area is 88.8 Å². The van der Waals surface area contributed by atoms with Crippen LogP contribution in [0, 0.1) is 0 Å². The first-order chi connectivity index (χ1) is 7.75. The molecule has 16 heavy (non-hydrogen) atoms. The Kier molecular flexibility index (Phi) is 1.64. The van der Waals surface area contributed by atoms with Crippen LogP contribution < -0.4 is 9.47 Å². The molecule has 0 unspecified atom stereocenters. The number of esters is 2.